The molecule has 0 aromatic rings. The highest BCUT2D eigenvalue weighted by molar-refractivity contribution is 5.69. The third kappa shape index (κ3) is 6.47. The third-order valence-corrected chi connectivity index (χ3v) is 1.92. The van der Waals surface area contributed by atoms with Gasteiger partial charge in [0.05, 0.1) is 13.0 Å². The molecule has 0 radical (unpaired) electrons. The van der Waals surface area contributed by atoms with Crippen molar-refractivity contribution in [3.63, 3.8) is 0 Å². The van der Waals surface area contributed by atoms with Gasteiger partial charge in [-0.2, -0.15) is 0 Å². The molecule has 4 nitrogen and oxygen atoms in total. The predicted octanol–water partition coefficient (Wildman–Crippen LogP) is 1.97. The lowest BCUT2D eigenvalue weighted by Gasteiger charge is -2.22. The van der Waals surface area contributed by atoms with E-state index in [9.17, 15) is 4.79 Å². The number of esters is 1. The molecule has 0 aliphatic carbocycles. The molecule has 0 heterocycles. The second-order valence-electron chi connectivity index (χ2n) is 3.27. The van der Waals surface area contributed by atoms with Crippen molar-refractivity contribution in [1.29, 1.82) is 0 Å². The highest BCUT2D eigenvalue weighted by atomic mass is 16.7. The van der Waals surface area contributed by atoms with Gasteiger partial charge in [0.1, 0.15) is 0 Å². The van der Waals surface area contributed by atoms with Crippen LogP contribution in [0.1, 0.15) is 34.1 Å². The van der Waals surface area contributed by atoms with Crippen molar-refractivity contribution in [2.45, 2.75) is 40.4 Å². The summed E-state index contributed by atoms with van der Waals surface area (Å²) in [5.74, 6) is -0.182. The fourth-order valence-corrected chi connectivity index (χ4v) is 1.28. The van der Waals surface area contributed by atoms with Crippen LogP contribution in [-0.4, -0.2) is 32.1 Å². The Labute approximate surface area is 91.9 Å². The summed E-state index contributed by atoms with van der Waals surface area (Å²) in [5, 5.41) is 0. The van der Waals surface area contributed by atoms with Gasteiger partial charge in [0.15, 0.2) is 6.29 Å². The van der Waals surface area contributed by atoms with Crippen molar-refractivity contribution >= 4 is 5.97 Å². The number of hydrogen-bond donors (Lipinski definition) is 0. The first-order valence-electron chi connectivity index (χ1n) is 5.54. The number of ether oxygens (including phenoxy) is 3. The minimum atomic E-state index is -0.315. The molecule has 0 amide bonds. The predicted molar refractivity (Wildman–Crippen MR) is 57.5 cm³/mol. The second-order valence-corrected chi connectivity index (χ2v) is 3.27. The maximum atomic E-state index is 11.2. The molecule has 0 unspecified atom stereocenters. The van der Waals surface area contributed by atoms with Gasteiger partial charge in [0, 0.05) is 19.1 Å². The zero-order chi connectivity index (χ0) is 11.7. The van der Waals surface area contributed by atoms with Crippen LogP contribution in [0.3, 0.4) is 0 Å². The Morgan fingerprint density at radius 2 is 1.60 bits per heavy atom. The standard InChI is InChI=1S/C11H22O4/c1-5-13-10(12)8-9(4)11(14-6-2)15-7-3/h9,11H,5-8H2,1-4H3/t9-/m0/s1. The summed E-state index contributed by atoms with van der Waals surface area (Å²) >= 11 is 0. The van der Waals surface area contributed by atoms with Crippen LogP contribution in [0, 0.1) is 5.92 Å². The molecule has 4 heteroatoms. The molecule has 0 N–H and O–H groups in total. The number of rotatable bonds is 8. The van der Waals surface area contributed by atoms with E-state index in [1.54, 1.807) is 6.92 Å². The van der Waals surface area contributed by atoms with Crippen LogP contribution in [-0.2, 0) is 19.0 Å². The lowest BCUT2D eigenvalue weighted by Crippen LogP contribution is -2.27. The highest BCUT2D eigenvalue weighted by Gasteiger charge is 2.21. The molecule has 0 bridgehead atoms. The zero-order valence-corrected chi connectivity index (χ0v) is 10.1. The van der Waals surface area contributed by atoms with Crippen LogP contribution in [0.25, 0.3) is 0 Å². The average molecular weight is 218 g/mol. The smallest absolute Gasteiger partial charge is 0.306 e. The number of carbonyl (C=O) groups is 1. The highest BCUT2D eigenvalue weighted by Crippen LogP contribution is 2.14. The van der Waals surface area contributed by atoms with E-state index in [4.69, 9.17) is 14.2 Å². The van der Waals surface area contributed by atoms with Crippen LogP contribution in [0.4, 0.5) is 0 Å². The molecule has 0 aliphatic rings. The lowest BCUT2D eigenvalue weighted by atomic mass is 10.1. The summed E-state index contributed by atoms with van der Waals surface area (Å²) < 4.78 is 15.7. The van der Waals surface area contributed by atoms with E-state index in [-0.39, 0.29) is 18.2 Å². The first kappa shape index (κ1) is 14.4. The van der Waals surface area contributed by atoms with Crippen LogP contribution in [0.15, 0.2) is 0 Å². The summed E-state index contributed by atoms with van der Waals surface area (Å²) in [4.78, 5) is 11.2. The van der Waals surface area contributed by atoms with E-state index in [0.717, 1.165) is 0 Å². The minimum absolute atomic E-state index is 0.0175. The van der Waals surface area contributed by atoms with Gasteiger partial charge in [-0.1, -0.05) is 6.92 Å². The lowest BCUT2D eigenvalue weighted by molar-refractivity contribution is -0.173. The van der Waals surface area contributed by atoms with Crippen molar-refractivity contribution in [2.24, 2.45) is 5.92 Å². The molecule has 0 aliphatic heterocycles. The normalized spacial score (nSPS) is 12.9. The van der Waals surface area contributed by atoms with Crippen molar-refractivity contribution in [2.75, 3.05) is 19.8 Å². The van der Waals surface area contributed by atoms with Crippen LogP contribution < -0.4 is 0 Å². The van der Waals surface area contributed by atoms with Gasteiger partial charge >= 0.3 is 5.97 Å². The Hall–Kier alpha value is -0.610. The Balaban J connectivity index is 3.99. The quantitative estimate of drug-likeness (QED) is 0.461. The molecular weight excluding hydrogens is 196 g/mol. The maximum absolute atomic E-state index is 11.2. The van der Waals surface area contributed by atoms with Gasteiger partial charge in [-0.05, 0) is 20.8 Å². The van der Waals surface area contributed by atoms with Gasteiger partial charge in [-0.15, -0.1) is 0 Å². The van der Waals surface area contributed by atoms with Gasteiger partial charge in [-0.25, -0.2) is 0 Å². The van der Waals surface area contributed by atoms with Gasteiger partial charge in [-0.3, -0.25) is 4.79 Å². The molecule has 0 saturated carbocycles. The largest absolute Gasteiger partial charge is 0.466 e. The molecule has 0 rings (SSSR count). The Bertz CT molecular complexity index is 164. The average Bonchev–Trinajstić information content (AvgIpc) is 2.17. The molecule has 0 aromatic heterocycles. The summed E-state index contributed by atoms with van der Waals surface area (Å²) in [6, 6.07) is 0. The Morgan fingerprint density at radius 3 is 2.00 bits per heavy atom. The van der Waals surface area contributed by atoms with Crippen molar-refractivity contribution < 1.29 is 19.0 Å². The third-order valence-electron chi connectivity index (χ3n) is 1.92. The molecule has 0 fully saturated rings. The van der Waals surface area contributed by atoms with E-state index >= 15 is 0 Å². The van der Waals surface area contributed by atoms with Gasteiger partial charge < -0.3 is 14.2 Å². The fraction of sp³-hybridized carbons (Fsp3) is 0.909. The molecule has 0 aromatic carbocycles. The molecular formula is C11H22O4. The molecule has 0 spiro atoms. The number of carbonyl (C=O) groups excluding carboxylic acids is 1. The summed E-state index contributed by atoms with van der Waals surface area (Å²) in [7, 11) is 0. The first-order valence-corrected chi connectivity index (χ1v) is 5.54. The van der Waals surface area contributed by atoms with Crippen LogP contribution >= 0.6 is 0 Å². The van der Waals surface area contributed by atoms with E-state index in [1.165, 1.54) is 0 Å². The van der Waals surface area contributed by atoms with Gasteiger partial charge in [0.2, 0.25) is 0 Å². The second kappa shape index (κ2) is 8.68. The minimum Gasteiger partial charge on any atom is -0.466 e. The molecule has 0 saturated heterocycles. The van der Waals surface area contributed by atoms with E-state index in [2.05, 4.69) is 0 Å². The SMILES string of the molecule is CCOC(=O)C[C@H](C)C(OCC)OCC. The van der Waals surface area contributed by atoms with Gasteiger partial charge in [0.25, 0.3) is 0 Å². The molecule has 90 valence electrons. The molecule has 1 atom stereocenters. The number of hydrogen-bond acceptors (Lipinski definition) is 4. The Morgan fingerprint density at radius 1 is 1.07 bits per heavy atom. The van der Waals surface area contributed by atoms with E-state index in [0.29, 0.717) is 26.2 Å². The van der Waals surface area contributed by atoms with Crippen LogP contribution in [0.5, 0.6) is 0 Å². The first-order chi connectivity index (χ1) is 7.15. The fourth-order valence-electron chi connectivity index (χ4n) is 1.28. The summed E-state index contributed by atoms with van der Waals surface area (Å²) in [6.45, 7) is 9.11. The van der Waals surface area contributed by atoms with Crippen molar-refractivity contribution in [3.8, 4) is 0 Å². The topological polar surface area (TPSA) is 44.8 Å². The monoisotopic (exact) mass is 218 g/mol. The van der Waals surface area contributed by atoms with Crippen molar-refractivity contribution in [3.05, 3.63) is 0 Å². The van der Waals surface area contributed by atoms with E-state index in [1.807, 2.05) is 20.8 Å². The summed E-state index contributed by atoms with van der Waals surface area (Å²) in [5.41, 5.74) is 0. The molecule has 15 heavy (non-hydrogen) atoms. The Kier molecular flexibility index (Phi) is 8.33. The van der Waals surface area contributed by atoms with E-state index < -0.39 is 0 Å². The zero-order valence-electron chi connectivity index (χ0n) is 10.1. The van der Waals surface area contributed by atoms with Crippen LogP contribution in [0.2, 0.25) is 0 Å². The summed E-state index contributed by atoms with van der Waals surface area (Å²) in [6.07, 6.45) is 0.0165. The maximum Gasteiger partial charge on any atom is 0.306 e. The van der Waals surface area contributed by atoms with Crippen molar-refractivity contribution in [1.82, 2.24) is 0 Å².